The van der Waals surface area contributed by atoms with Crippen LogP contribution in [0.2, 0.25) is 0 Å². The maximum absolute atomic E-state index is 13.5. The van der Waals surface area contributed by atoms with Gasteiger partial charge in [0, 0.05) is 43.9 Å². The summed E-state index contributed by atoms with van der Waals surface area (Å²) in [4.78, 5) is 22.4. The Labute approximate surface area is 142 Å². The van der Waals surface area contributed by atoms with Gasteiger partial charge in [0.2, 0.25) is 0 Å². The van der Waals surface area contributed by atoms with E-state index in [0.29, 0.717) is 25.1 Å². The summed E-state index contributed by atoms with van der Waals surface area (Å²) in [5, 5.41) is 5.40. The summed E-state index contributed by atoms with van der Waals surface area (Å²) in [6.07, 6.45) is 5.18. The van der Waals surface area contributed by atoms with Gasteiger partial charge in [-0.1, -0.05) is 0 Å². The van der Waals surface area contributed by atoms with Crippen LogP contribution in [0.1, 0.15) is 29.6 Å². The van der Waals surface area contributed by atoms with Crippen molar-refractivity contribution in [3.63, 3.8) is 0 Å². The summed E-state index contributed by atoms with van der Waals surface area (Å²) in [6, 6.07) is 4.36. The second-order valence-corrected chi connectivity index (χ2v) is 6.12. The van der Waals surface area contributed by atoms with Gasteiger partial charge in [-0.25, -0.2) is 28.6 Å². The molecule has 4 rings (SSSR count). The van der Waals surface area contributed by atoms with E-state index in [4.69, 9.17) is 0 Å². The van der Waals surface area contributed by atoms with Crippen molar-refractivity contribution in [3.8, 4) is 0 Å². The molecule has 1 fully saturated rings. The molecular formula is C17H15F2N5O. The van der Waals surface area contributed by atoms with Crippen molar-refractivity contribution in [3.05, 3.63) is 59.7 Å². The van der Waals surface area contributed by atoms with Crippen LogP contribution in [0.15, 0.2) is 41.9 Å². The lowest BCUT2D eigenvalue weighted by Gasteiger charge is -2.41. The number of carbonyl (C=O) groups is 1. The monoisotopic (exact) mass is 343 g/mol. The molecule has 2 amide bonds. The van der Waals surface area contributed by atoms with Crippen molar-refractivity contribution >= 4 is 12.2 Å². The molecule has 6 nitrogen and oxygen atoms in total. The van der Waals surface area contributed by atoms with E-state index in [0.717, 1.165) is 11.8 Å². The van der Waals surface area contributed by atoms with Gasteiger partial charge in [-0.2, -0.15) is 5.10 Å². The minimum atomic E-state index is -0.665. The largest absolute Gasteiger partial charge is 0.341 e. The van der Waals surface area contributed by atoms with Gasteiger partial charge in [0.25, 0.3) is 0 Å². The average molecular weight is 343 g/mol. The Morgan fingerprint density at radius 3 is 2.60 bits per heavy atom. The van der Waals surface area contributed by atoms with E-state index in [-0.39, 0.29) is 11.9 Å². The summed E-state index contributed by atoms with van der Waals surface area (Å²) in [7, 11) is 0. The third kappa shape index (κ3) is 2.95. The molecule has 0 bridgehead atoms. The first-order valence-corrected chi connectivity index (χ1v) is 7.94. The number of amides is 2. The smallest absolute Gasteiger partial charge is 0.322 e. The number of rotatable bonds is 2. The fraction of sp³-hybridized carbons (Fsp3) is 0.294. The highest BCUT2D eigenvalue weighted by Crippen LogP contribution is 2.33. The third-order valence-corrected chi connectivity index (χ3v) is 4.47. The number of halogens is 2. The standard InChI is InChI=1S/C17H15F2N5O/c18-13-5-11(6-14(19)7-13)16-2-4-22-24(16)17(25)23-8-12(9-23)15-1-3-20-10-21-15/h1,3-7,10,12,16H,2,8-9H2. The summed E-state index contributed by atoms with van der Waals surface area (Å²) in [5.41, 5.74) is 1.30. The van der Waals surface area contributed by atoms with Crippen LogP contribution in [0.25, 0.3) is 0 Å². The molecule has 3 heterocycles. The van der Waals surface area contributed by atoms with Crippen LogP contribution in [0.3, 0.4) is 0 Å². The Morgan fingerprint density at radius 1 is 1.16 bits per heavy atom. The maximum Gasteiger partial charge on any atom is 0.341 e. The molecule has 0 N–H and O–H groups in total. The zero-order valence-corrected chi connectivity index (χ0v) is 13.2. The Bertz CT molecular complexity index is 803. The predicted octanol–water partition coefficient (Wildman–Crippen LogP) is 2.71. The van der Waals surface area contributed by atoms with Crippen LogP contribution in [0.4, 0.5) is 13.6 Å². The van der Waals surface area contributed by atoms with Crippen LogP contribution >= 0.6 is 0 Å². The van der Waals surface area contributed by atoms with E-state index in [1.807, 2.05) is 6.07 Å². The van der Waals surface area contributed by atoms with Gasteiger partial charge >= 0.3 is 6.03 Å². The molecule has 128 valence electrons. The first-order chi connectivity index (χ1) is 12.1. The van der Waals surface area contributed by atoms with E-state index < -0.39 is 17.7 Å². The molecule has 0 aliphatic carbocycles. The second kappa shape index (κ2) is 6.19. The van der Waals surface area contributed by atoms with Crippen molar-refractivity contribution < 1.29 is 13.6 Å². The highest BCUT2D eigenvalue weighted by molar-refractivity contribution is 5.79. The van der Waals surface area contributed by atoms with E-state index >= 15 is 0 Å². The average Bonchev–Trinajstić information content (AvgIpc) is 3.03. The van der Waals surface area contributed by atoms with Crippen LogP contribution in [-0.2, 0) is 0 Å². The highest BCUT2D eigenvalue weighted by atomic mass is 19.1. The number of aromatic nitrogens is 2. The topological polar surface area (TPSA) is 61.7 Å². The Balaban J connectivity index is 1.46. The molecule has 2 aliphatic heterocycles. The molecule has 25 heavy (non-hydrogen) atoms. The molecule has 0 spiro atoms. The van der Waals surface area contributed by atoms with Gasteiger partial charge in [0.1, 0.15) is 18.0 Å². The first kappa shape index (κ1) is 15.6. The minimum absolute atomic E-state index is 0.170. The second-order valence-electron chi connectivity index (χ2n) is 6.12. The quantitative estimate of drug-likeness (QED) is 0.842. The summed E-state index contributed by atoms with van der Waals surface area (Å²) >= 11 is 0. The zero-order valence-electron chi connectivity index (χ0n) is 13.2. The van der Waals surface area contributed by atoms with Crippen molar-refractivity contribution in [2.75, 3.05) is 13.1 Å². The minimum Gasteiger partial charge on any atom is -0.322 e. The molecular weight excluding hydrogens is 328 g/mol. The number of nitrogens with zero attached hydrogens (tertiary/aromatic N) is 5. The lowest BCUT2D eigenvalue weighted by Crippen LogP contribution is -2.52. The number of hydrogen-bond acceptors (Lipinski definition) is 4. The van der Waals surface area contributed by atoms with Crippen LogP contribution in [0.5, 0.6) is 0 Å². The van der Waals surface area contributed by atoms with Gasteiger partial charge in [-0.15, -0.1) is 0 Å². The summed E-state index contributed by atoms with van der Waals surface area (Å²) < 4.78 is 27.0. The summed E-state index contributed by atoms with van der Waals surface area (Å²) in [5.74, 6) is -1.16. The number of hydrogen-bond donors (Lipinski definition) is 0. The Kier molecular flexibility index (Phi) is 3.87. The summed E-state index contributed by atoms with van der Waals surface area (Å²) in [6.45, 7) is 1.07. The molecule has 1 aromatic heterocycles. The Morgan fingerprint density at radius 2 is 1.92 bits per heavy atom. The highest BCUT2D eigenvalue weighted by Gasteiger charge is 2.38. The van der Waals surface area contributed by atoms with Crippen molar-refractivity contribution in [2.24, 2.45) is 5.10 Å². The number of likely N-dealkylation sites (tertiary alicyclic amines) is 1. The number of carbonyl (C=O) groups excluding carboxylic acids is 1. The lowest BCUT2D eigenvalue weighted by atomic mass is 9.96. The maximum atomic E-state index is 13.5. The van der Waals surface area contributed by atoms with Gasteiger partial charge < -0.3 is 4.90 Å². The molecule has 1 atom stereocenters. The zero-order chi connectivity index (χ0) is 17.4. The van der Waals surface area contributed by atoms with Gasteiger partial charge in [0.15, 0.2) is 0 Å². The first-order valence-electron chi connectivity index (χ1n) is 7.94. The molecule has 0 saturated carbocycles. The lowest BCUT2D eigenvalue weighted by molar-refractivity contribution is 0.104. The number of urea groups is 1. The molecule has 1 unspecified atom stereocenters. The van der Waals surface area contributed by atoms with Crippen molar-refractivity contribution in [1.29, 1.82) is 0 Å². The molecule has 2 aromatic rings. The molecule has 1 saturated heterocycles. The predicted molar refractivity (Wildman–Crippen MR) is 85.8 cm³/mol. The van der Waals surface area contributed by atoms with Crippen LogP contribution in [-0.4, -0.2) is 45.2 Å². The normalized spacial score (nSPS) is 20.0. The fourth-order valence-corrected chi connectivity index (χ4v) is 3.15. The van der Waals surface area contributed by atoms with Crippen LogP contribution < -0.4 is 0 Å². The number of hydrazone groups is 1. The Hall–Kier alpha value is -2.90. The molecule has 0 radical (unpaired) electrons. The SMILES string of the molecule is O=C(N1CC(c2ccncn2)C1)N1N=CCC1c1cc(F)cc(F)c1. The van der Waals surface area contributed by atoms with Gasteiger partial charge in [-0.05, 0) is 23.8 Å². The third-order valence-electron chi connectivity index (χ3n) is 4.47. The van der Waals surface area contributed by atoms with Gasteiger partial charge in [-0.3, -0.25) is 0 Å². The van der Waals surface area contributed by atoms with E-state index in [1.165, 1.54) is 23.5 Å². The number of benzene rings is 1. The van der Waals surface area contributed by atoms with E-state index in [1.54, 1.807) is 17.3 Å². The molecule has 8 heteroatoms. The fourth-order valence-electron chi connectivity index (χ4n) is 3.15. The van der Waals surface area contributed by atoms with Crippen molar-refractivity contribution in [1.82, 2.24) is 19.9 Å². The van der Waals surface area contributed by atoms with Crippen LogP contribution in [0, 0.1) is 11.6 Å². The van der Waals surface area contributed by atoms with E-state index in [9.17, 15) is 13.6 Å². The molecule has 2 aliphatic rings. The van der Waals surface area contributed by atoms with Crippen molar-refractivity contribution in [2.45, 2.75) is 18.4 Å². The van der Waals surface area contributed by atoms with Gasteiger partial charge in [0.05, 0.1) is 11.7 Å². The van der Waals surface area contributed by atoms with E-state index in [2.05, 4.69) is 15.1 Å². The molecule has 1 aromatic carbocycles.